The zero-order chi connectivity index (χ0) is 14.7. The van der Waals surface area contributed by atoms with E-state index >= 15 is 0 Å². The van der Waals surface area contributed by atoms with Gasteiger partial charge in [-0.3, -0.25) is 4.90 Å². The van der Waals surface area contributed by atoms with Crippen molar-refractivity contribution < 1.29 is 14.6 Å². The van der Waals surface area contributed by atoms with E-state index in [0.717, 1.165) is 37.6 Å². The van der Waals surface area contributed by atoms with Gasteiger partial charge in [0.1, 0.15) is 0 Å². The highest BCUT2D eigenvalue weighted by atomic mass is 16.5. The number of rotatable bonds is 4. The number of benzene rings is 1. The van der Waals surface area contributed by atoms with Crippen LogP contribution in [-0.2, 0) is 6.54 Å². The predicted octanol–water partition coefficient (Wildman–Crippen LogP) is 2.21. The van der Waals surface area contributed by atoms with Crippen molar-refractivity contribution >= 4 is 0 Å². The lowest BCUT2D eigenvalue weighted by molar-refractivity contribution is 0.0258. The molecule has 1 N–H and O–H groups in total. The van der Waals surface area contributed by atoms with Gasteiger partial charge < -0.3 is 14.6 Å². The second-order valence-corrected chi connectivity index (χ2v) is 5.70. The molecule has 4 heteroatoms. The summed E-state index contributed by atoms with van der Waals surface area (Å²) in [6.45, 7) is 6.82. The number of methoxy groups -OCH3 is 2. The van der Waals surface area contributed by atoms with E-state index < -0.39 is 0 Å². The van der Waals surface area contributed by atoms with Gasteiger partial charge in [-0.1, -0.05) is 6.92 Å². The summed E-state index contributed by atoms with van der Waals surface area (Å²) in [6.07, 6.45) is 0.831. The van der Waals surface area contributed by atoms with E-state index in [1.165, 1.54) is 11.1 Å². The maximum atomic E-state index is 9.99. The molecular weight excluding hydrogens is 254 g/mol. The quantitative estimate of drug-likeness (QED) is 0.917. The van der Waals surface area contributed by atoms with Crippen LogP contribution >= 0.6 is 0 Å². The van der Waals surface area contributed by atoms with Crippen molar-refractivity contribution in [3.63, 3.8) is 0 Å². The van der Waals surface area contributed by atoms with Crippen LogP contribution in [0, 0.1) is 12.8 Å². The van der Waals surface area contributed by atoms with Gasteiger partial charge in [-0.25, -0.2) is 0 Å². The molecule has 2 rings (SSSR count). The number of hydrogen-bond acceptors (Lipinski definition) is 4. The number of aliphatic hydroxyl groups is 1. The van der Waals surface area contributed by atoms with Crippen LogP contribution in [0.25, 0.3) is 0 Å². The smallest absolute Gasteiger partial charge is 0.161 e. The van der Waals surface area contributed by atoms with Crippen molar-refractivity contribution in [2.75, 3.05) is 27.3 Å². The Morgan fingerprint density at radius 2 is 1.90 bits per heavy atom. The minimum Gasteiger partial charge on any atom is -0.493 e. The first-order chi connectivity index (χ1) is 9.55. The van der Waals surface area contributed by atoms with Crippen molar-refractivity contribution in [3.8, 4) is 11.5 Å². The lowest BCUT2D eigenvalue weighted by atomic mass is 9.95. The van der Waals surface area contributed by atoms with Crippen molar-refractivity contribution in [1.29, 1.82) is 0 Å². The second kappa shape index (κ2) is 6.46. The molecule has 0 aliphatic carbocycles. The monoisotopic (exact) mass is 279 g/mol. The molecule has 0 aromatic heterocycles. The first-order valence-corrected chi connectivity index (χ1v) is 7.17. The third kappa shape index (κ3) is 3.25. The zero-order valence-electron chi connectivity index (χ0n) is 12.8. The number of aryl methyl sites for hydroxylation is 1. The van der Waals surface area contributed by atoms with E-state index in [1.807, 2.05) is 12.1 Å². The Bertz CT molecular complexity index is 461. The molecule has 1 heterocycles. The topological polar surface area (TPSA) is 41.9 Å². The van der Waals surface area contributed by atoms with Crippen LogP contribution in [0.3, 0.4) is 0 Å². The van der Waals surface area contributed by atoms with E-state index in [0.29, 0.717) is 5.92 Å². The molecular formula is C16H25NO3. The third-order valence-corrected chi connectivity index (χ3v) is 4.24. The van der Waals surface area contributed by atoms with E-state index in [1.54, 1.807) is 14.2 Å². The van der Waals surface area contributed by atoms with Gasteiger partial charge >= 0.3 is 0 Å². The summed E-state index contributed by atoms with van der Waals surface area (Å²) >= 11 is 0. The largest absolute Gasteiger partial charge is 0.493 e. The van der Waals surface area contributed by atoms with E-state index in [2.05, 4.69) is 18.7 Å². The van der Waals surface area contributed by atoms with Crippen LogP contribution in [0.5, 0.6) is 11.5 Å². The van der Waals surface area contributed by atoms with Crippen LogP contribution in [0.1, 0.15) is 24.5 Å². The third-order valence-electron chi connectivity index (χ3n) is 4.24. The molecule has 1 aromatic carbocycles. The van der Waals surface area contributed by atoms with E-state index in [9.17, 15) is 5.11 Å². The normalized spacial score (nSPS) is 23.6. The molecule has 1 aliphatic heterocycles. The Morgan fingerprint density at radius 3 is 2.50 bits per heavy atom. The second-order valence-electron chi connectivity index (χ2n) is 5.70. The molecule has 1 saturated heterocycles. The Hall–Kier alpha value is -1.26. The van der Waals surface area contributed by atoms with Crippen LogP contribution in [-0.4, -0.2) is 43.4 Å². The molecule has 20 heavy (non-hydrogen) atoms. The van der Waals surface area contributed by atoms with Gasteiger partial charge in [-0.05, 0) is 49.1 Å². The SMILES string of the molecule is COc1cc(C)c(CN2CCC(C)C(O)C2)cc1OC. The fraction of sp³-hybridized carbons (Fsp3) is 0.625. The summed E-state index contributed by atoms with van der Waals surface area (Å²) in [4.78, 5) is 2.30. The van der Waals surface area contributed by atoms with Crippen LogP contribution in [0.15, 0.2) is 12.1 Å². The van der Waals surface area contributed by atoms with Crippen molar-refractivity contribution in [2.45, 2.75) is 32.9 Å². The van der Waals surface area contributed by atoms with Gasteiger partial charge in [-0.2, -0.15) is 0 Å². The molecule has 1 aromatic rings. The molecule has 0 radical (unpaired) electrons. The lowest BCUT2D eigenvalue weighted by Gasteiger charge is -2.34. The van der Waals surface area contributed by atoms with Crippen molar-refractivity contribution in [1.82, 2.24) is 4.90 Å². The highest BCUT2D eigenvalue weighted by Gasteiger charge is 2.24. The summed E-state index contributed by atoms with van der Waals surface area (Å²) in [6, 6.07) is 4.05. The summed E-state index contributed by atoms with van der Waals surface area (Å²) in [5.41, 5.74) is 2.42. The average Bonchev–Trinajstić information content (AvgIpc) is 2.44. The zero-order valence-corrected chi connectivity index (χ0v) is 12.8. The average molecular weight is 279 g/mol. The molecule has 2 atom stereocenters. The summed E-state index contributed by atoms with van der Waals surface area (Å²) in [5, 5.41) is 9.99. The molecule has 112 valence electrons. The summed E-state index contributed by atoms with van der Waals surface area (Å²) < 4.78 is 10.7. The number of aliphatic hydroxyl groups excluding tert-OH is 1. The Balaban J connectivity index is 2.13. The van der Waals surface area contributed by atoms with Crippen LogP contribution < -0.4 is 9.47 Å². The molecule has 4 nitrogen and oxygen atoms in total. The molecule has 0 bridgehead atoms. The highest BCUT2D eigenvalue weighted by molar-refractivity contribution is 5.47. The van der Waals surface area contributed by atoms with Gasteiger partial charge in [0.25, 0.3) is 0 Å². The lowest BCUT2D eigenvalue weighted by Crippen LogP contribution is -2.42. The maximum Gasteiger partial charge on any atom is 0.161 e. The first-order valence-electron chi connectivity index (χ1n) is 7.17. The Morgan fingerprint density at radius 1 is 1.25 bits per heavy atom. The number of likely N-dealkylation sites (tertiary alicyclic amines) is 1. The summed E-state index contributed by atoms with van der Waals surface area (Å²) in [7, 11) is 3.31. The van der Waals surface area contributed by atoms with E-state index in [4.69, 9.17) is 9.47 Å². The minimum absolute atomic E-state index is 0.218. The van der Waals surface area contributed by atoms with Crippen molar-refractivity contribution in [2.24, 2.45) is 5.92 Å². The van der Waals surface area contributed by atoms with Crippen LogP contribution in [0.2, 0.25) is 0 Å². The number of ether oxygens (including phenoxy) is 2. The molecule has 0 saturated carbocycles. The van der Waals surface area contributed by atoms with Gasteiger partial charge in [0.15, 0.2) is 11.5 Å². The Kier molecular flexibility index (Phi) is 4.89. The standard InChI is InChI=1S/C16H25NO3/c1-11-5-6-17(10-14(11)18)9-13-8-16(20-4)15(19-3)7-12(13)2/h7-8,11,14,18H,5-6,9-10H2,1-4H3. The molecule has 1 fully saturated rings. The fourth-order valence-electron chi connectivity index (χ4n) is 2.69. The van der Waals surface area contributed by atoms with Gasteiger partial charge in [0.2, 0.25) is 0 Å². The predicted molar refractivity (Wildman–Crippen MR) is 79.3 cm³/mol. The number of piperidine rings is 1. The van der Waals surface area contributed by atoms with Gasteiger partial charge in [0, 0.05) is 13.1 Å². The van der Waals surface area contributed by atoms with Crippen molar-refractivity contribution in [3.05, 3.63) is 23.3 Å². The minimum atomic E-state index is -0.218. The number of nitrogens with zero attached hydrogens (tertiary/aromatic N) is 1. The highest BCUT2D eigenvalue weighted by Crippen LogP contribution is 2.31. The molecule has 1 aliphatic rings. The maximum absolute atomic E-state index is 9.99. The first kappa shape index (κ1) is 15.1. The van der Waals surface area contributed by atoms with Gasteiger partial charge in [-0.15, -0.1) is 0 Å². The fourth-order valence-corrected chi connectivity index (χ4v) is 2.69. The summed E-state index contributed by atoms with van der Waals surface area (Å²) in [5.74, 6) is 1.93. The number of hydrogen-bond donors (Lipinski definition) is 1. The number of β-amino-alcohol motifs (C(OH)–C–C–N with tert-alkyl or cyclic N) is 1. The Labute approximate surface area is 121 Å². The molecule has 2 unspecified atom stereocenters. The molecule has 0 spiro atoms. The van der Waals surface area contributed by atoms with Gasteiger partial charge in [0.05, 0.1) is 20.3 Å². The van der Waals surface area contributed by atoms with E-state index in [-0.39, 0.29) is 6.10 Å². The van der Waals surface area contributed by atoms with Crippen LogP contribution in [0.4, 0.5) is 0 Å². The molecule has 0 amide bonds.